The van der Waals surface area contributed by atoms with E-state index in [2.05, 4.69) is 184 Å². The molecule has 0 radical (unpaired) electrons. The summed E-state index contributed by atoms with van der Waals surface area (Å²) in [6.07, 6.45) is 2.50. The van der Waals surface area contributed by atoms with Crippen LogP contribution in [0.15, 0.2) is 140 Å². The minimum atomic E-state index is 1.25. The predicted molar refractivity (Wildman–Crippen MR) is 299 cm³/mol. The first-order chi connectivity index (χ1) is 29.8. The first-order valence-corrected chi connectivity index (χ1v) is 24.7. The minimum absolute atomic E-state index is 1.25. The molecular weight excluding hydrogens is 733 g/mol. The van der Waals surface area contributed by atoms with Gasteiger partial charge in [0.2, 0.25) is 0 Å². The molecule has 0 aromatic heterocycles. The average Bonchev–Trinajstić information content (AvgIpc) is 3.36. The maximum Gasteiger partial charge on any atom is -0.0152 e. The molecule has 0 nitrogen and oxygen atoms in total. The summed E-state index contributed by atoms with van der Waals surface area (Å²) in [6.45, 7) is 55.2. The van der Waals surface area contributed by atoms with E-state index in [1.54, 1.807) is 0 Å². The summed E-state index contributed by atoms with van der Waals surface area (Å²) in [5.41, 5.74) is 6.82. The van der Waals surface area contributed by atoms with Gasteiger partial charge in [-0.15, -0.1) is 0 Å². The third-order valence-electron chi connectivity index (χ3n) is 6.49. The molecule has 0 spiro atoms. The summed E-state index contributed by atoms with van der Waals surface area (Å²) in [6, 6.07) is 48.2. The van der Waals surface area contributed by atoms with E-state index in [-0.39, 0.29) is 0 Å². The van der Waals surface area contributed by atoms with Crippen LogP contribution < -0.4 is 0 Å². The number of hydrogen-bond acceptors (Lipinski definition) is 0. The molecule has 0 atom stereocenters. The standard InChI is InChI=1S/C12H12.C10H8.C8H10.C7H8.2C3H8.9C2H6/c1-9-7-8-11-5-3-4-6-12(11)10(9)2;1-2-6-10-8-4-3-7-9(10)5-1;1-7-5-3-4-6-8(7)2;1-7-5-3-2-4-6-7;2*1-3-2;9*1-2/h3-8H,1-2H3;1-8H;3-6H,1-2H3;2-6H,1H3;2*3H2,1-2H3;9*1-2H3. The van der Waals surface area contributed by atoms with Crippen LogP contribution in [0.4, 0.5) is 0 Å². The second-order valence-electron chi connectivity index (χ2n) is 10.7. The molecule has 0 amide bonds. The van der Waals surface area contributed by atoms with Gasteiger partial charge in [0.25, 0.3) is 0 Å². The van der Waals surface area contributed by atoms with Crippen molar-refractivity contribution in [2.75, 3.05) is 0 Å². The second-order valence-corrected chi connectivity index (χ2v) is 10.7. The molecule has 6 aromatic carbocycles. The van der Waals surface area contributed by atoms with Crippen molar-refractivity contribution < 1.29 is 0 Å². The van der Waals surface area contributed by atoms with Gasteiger partial charge in [0, 0.05) is 0 Å². The predicted octanol–water partition coefficient (Wildman–Crippen LogP) is 22.7. The molecule has 0 unspecified atom stereocenters. The van der Waals surface area contributed by atoms with E-state index in [1.165, 1.54) is 62.2 Å². The fourth-order valence-electron chi connectivity index (χ4n) is 3.87. The van der Waals surface area contributed by atoms with Gasteiger partial charge in [-0.1, -0.05) is 310 Å². The molecule has 0 aliphatic heterocycles. The lowest BCUT2D eigenvalue weighted by Gasteiger charge is -2.04. The van der Waals surface area contributed by atoms with Crippen LogP contribution in [0.1, 0.15) is 193 Å². The highest BCUT2D eigenvalue weighted by molar-refractivity contribution is 5.86. The first-order valence-electron chi connectivity index (χ1n) is 24.7. The molecule has 0 aliphatic rings. The van der Waals surface area contributed by atoms with Crippen LogP contribution in [0.5, 0.6) is 0 Å². The zero-order chi connectivity index (χ0) is 49.9. The normalized spacial score (nSPS) is 7.39. The van der Waals surface area contributed by atoms with Crippen molar-refractivity contribution in [3.05, 3.63) is 167 Å². The lowest BCUT2D eigenvalue weighted by atomic mass is 10.0. The molecule has 0 aliphatic carbocycles. The third kappa shape index (κ3) is 50.1. The van der Waals surface area contributed by atoms with Gasteiger partial charge >= 0.3 is 0 Å². The Balaban J connectivity index is -0.0000000730. The Hall–Kier alpha value is -4.16. The minimum Gasteiger partial charge on any atom is -0.0683 e. The molecule has 6 aromatic rings. The van der Waals surface area contributed by atoms with Crippen molar-refractivity contribution in [1.82, 2.24) is 0 Å². The van der Waals surface area contributed by atoms with E-state index in [4.69, 9.17) is 0 Å². The topological polar surface area (TPSA) is 0 Å². The summed E-state index contributed by atoms with van der Waals surface area (Å²) in [4.78, 5) is 0. The largest absolute Gasteiger partial charge is 0.0683 e. The molecule has 0 heteroatoms. The highest BCUT2D eigenvalue weighted by Crippen LogP contribution is 2.20. The van der Waals surface area contributed by atoms with Gasteiger partial charge in [-0.25, -0.2) is 0 Å². The van der Waals surface area contributed by atoms with Gasteiger partial charge in [0.15, 0.2) is 0 Å². The molecule has 0 heterocycles. The van der Waals surface area contributed by atoms with E-state index >= 15 is 0 Å². The molecule has 0 fully saturated rings. The maximum atomic E-state index is 2.18. The van der Waals surface area contributed by atoms with E-state index in [1.807, 2.05) is 143 Å². The van der Waals surface area contributed by atoms with Gasteiger partial charge in [-0.2, -0.15) is 0 Å². The van der Waals surface area contributed by atoms with Crippen molar-refractivity contribution in [1.29, 1.82) is 0 Å². The number of fused-ring (bicyclic) bond motifs is 2. The van der Waals surface area contributed by atoms with Crippen molar-refractivity contribution >= 4 is 21.5 Å². The number of rotatable bonds is 0. The SMILES string of the molecule is CC.CC.CC.CC.CC.CC.CC.CC.CC.CCC.CCC.Cc1ccc2ccccc2c1C.Cc1ccccc1.Cc1ccccc1C.c1ccc2ccccc2c1. The quantitative estimate of drug-likeness (QED) is 0.143. The van der Waals surface area contributed by atoms with Gasteiger partial charge in [0.05, 0.1) is 0 Å². The Morgan fingerprint density at radius 2 is 0.492 bits per heavy atom. The van der Waals surface area contributed by atoms with Crippen LogP contribution in [0.25, 0.3) is 21.5 Å². The molecule has 6 rings (SSSR count). The van der Waals surface area contributed by atoms with E-state index < -0.39 is 0 Å². The van der Waals surface area contributed by atoms with Crippen LogP contribution in [-0.4, -0.2) is 0 Å². The summed E-state index contributed by atoms with van der Waals surface area (Å²) in [5.74, 6) is 0. The molecule has 0 saturated heterocycles. The van der Waals surface area contributed by atoms with Gasteiger partial charge in [-0.3, -0.25) is 0 Å². The van der Waals surface area contributed by atoms with Crippen molar-refractivity contribution in [3.8, 4) is 0 Å². The van der Waals surface area contributed by atoms with Gasteiger partial charge in [-0.05, 0) is 78.4 Å². The maximum absolute atomic E-state index is 2.18. The van der Waals surface area contributed by atoms with E-state index in [0.29, 0.717) is 0 Å². The zero-order valence-electron chi connectivity index (χ0n) is 46.2. The molecule has 0 saturated carbocycles. The van der Waals surface area contributed by atoms with Crippen LogP contribution >= 0.6 is 0 Å². The van der Waals surface area contributed by atoms with Gasteiger partial charge < -0.3 is 0 Å². The van der Waals surface area contributed by atoms with Crippen LogP contribution in [0, 0.1) is 34.6 Å². The smallest absolute Gasteiger partial charge is 0.0152 e. The van der Waals surface area contributed by atoms with Crippen LogP contribution in [-0.2, 0) is 0 Å². The summed E-state index contributed by atoms with van der Waals surface area (Å²) >= 11 is 0. The lowest BCUT2D eigenvalue weighted by Crippen LogP contribution is -1.82. The van der Waals surface area contributed by atoms with Crippen molar-refractivity contribution in [3.63, 3.8) is 0 Å². The summed E-state index contributed by atoms with van der Waals surface area (Å²) < 4.78 is 0. The van der Waals surface area contributed by atoms with E-state index in [9.17, 15) is 0 Å². The van der Waals surface area contributed by atoms with E-state index in [0.717, 1.165) is 0 Å². The first kappa shape index (κ1) is 77.4. The Bertz CT molecular complexity index is 1450. The Morgan fingerprint density at radius 1 is 0.246 bits per heavy atom. The van der Waals surface area contributed by atoms with Crippen LogP contribution in [0.2, 0.25) is 0 Å². The molecule has 0 bridgehead atoms. The average molecular weight is 842 g/mol. The Labute approximate surface area is 387 Å². The van der Waals surface area contributed by atoms with Crippen molar-refractivity contribution in [2.45, 2.75) is 200 Å². The fourth-order valence-corrected chi connectivity index (χ4v) is 3.87. The number of benzene rings is 6. The molecule has 0 N–H and O–H groups in total. The number of hydrogen-bond donors (Lipinski definition) is 0. The fraction of sp³-hybridized carbons (Fsp3) is 0.475. The molecule has 61 heavy (non-hydrogen) atoms. The zero-order valence-corrected chi connectivity index (χ0v) is 46.2. The summed E-state index contributed by atoms with van der Waals surface area (Å²) in [7, 11) is 0. The Morgan fingerprint density at radius 3 is 0.754 bits per heavy atom. The van der Waals surface area contributed by atoms with Crippen LogP contribution in [0.3, 0.4) is 0 Å². The third-order valence-corrected chi connectivity index (χ3v) is 6.49. The highest BCUT2D eigenvalue weighted by Gasteiger charge is 1.97. The highest BCUT2D eigenvalue weighted by atomic mass is 14.0. The van der Waals surface area contributed by atoms with Crippen molar-refractivity contribution in [2.24, 2.45) is 0 Å². The lowest BCUT2D eigenvalue weighted by molar-refractivity contribution is 1.09. The number of aryl methyl sites for hydroxylation is 5. The monoisotopic (exact) mass is 841 g/mol. The molecule has 352 valence electrons. The molecular formula is C61H108. The second kappa shape index (κ2) is 73.4. The van der Waals surface area contributed by atoms with Gasteiger partial charge in [0.1, 0.15) is 0 Å². The summed E-state index contributed by atoms with van der Waals surface area (Å²) in [5, 5.41) is 5.33. The Kier molecular flexibility index (Phi) is 93.2.